The fourth-order valence-corrected chi connectivity index (χ4v) is 3.49. The number of fused-ring (bicyclic) bond motifs is 1. The van der Waals surface area contributed by atoms with Gasteiger partial charge in [-0.25, -0.2) is 4.79 Å². The fourth-order valence-electron chi connectivity index (χ4n) is 3.49. The Bertz CT molecular complexity index is 824. The first-order valence-corrected chi connectivity index (χ1v) is 8.13. The van der Waals surface area contributed by atoms with E-state index in [0.29, 0.717) is 5.56 Å². The normalized spacial score (nSPS) is 20.3. The van der Waals surface area contributed by atoms with Gasteiger partial charge in [-0.3, -0.25) is 9.91 Å². The molecule has 2 fully saturated rings. The molecule has 0 aromatic heterocycles. The highest BCUT2D eigenvalue weighted by Gasteiger charge is 2.47. The van der Waals surface area contributed by atoms with Crippen LogP contribution < -0.4 is 4.90 Å². The van der Waals surface area contributed by atoms with Gasteiger partial charge >= 0.3 is 6.03 Å². The second-order valence-electron chi connectivity index (χ2n) is 6.24. The van der Waals surface area contributed by atoms with Crippen molar-refractivity contribution in [2.75, 3.05) is 18.0 Å². The smallest absolute Gasteiger partial charge is 0.271 e. The summed E-state index contributed by atoms with van der Waals surface area (Å²) in [7, 11) is 0. The van der Waals surface area contributed by atoms with Crippen LogP contribution >= 0.6 is 0 Å². The van der Waals surface area contributed by atoms with Crippen molar-refractivity contribution in [3.8, 4) is 6.07 Å². The molecule has 0 aliphatic carbocycles. The highest BCUT2D eigenvalue weighted by Crippen LogP contribution is 2.40. The van der Waals surface area contributed by atoms with Gasteiger partial charge in [0.15, 0.2) is 0 Å². The molecule has 0 saturated carbocycles. The molecule has 2 aliphatic heterocycles. The molecule has 2 heterocycles. The van der Waals surface area contributed by atoms with Crippen molar-refractivity contribution in [1.82, 2.24) is 10.0 Å². The number of urea groups is 1. The van der Waals surface area contributed by atoms with Gasteiger partial charge < -0.3 is 0 Å². The summed E-state index contributed by atoms with van der Waals surface area (Å²) in [5.41, 5.74) is 3.60. The third kappa shape index (κ3) is 2.24. The summed E-state index contributed by atoms with van der Waals surface area (Å²) in [5.74, 6) is 0. The highest BCUT2D eigenvalue weighted by atomic mass is 16.2. The number of anilines is 1. The molecule has 2 aliphatic rings. The van der Waals surface area contributed by atoms with Crippen LogP contribution in [-0.4, -0.2) is 29.1 Å². The summed E-state index contributed by atoms with van der Waals surface area (Å²) < 4.78 is 0. The minimum absolute atomic E-state index is 0.0202. The third-order valence-electron chi connectivity index (χ3n) is 4.65. The Hall–Kier alpha value is -2.84. The average Bonchev–Trinajstić information content (AvgIpc) is 3.18. The quantitative estimate of drug-likeness (QED) is 0.852. The molecule has 2 saturated heterocycles. The molecule has 0 bridgehead atoms. The molecule has 0 spiro atoms. The van der Waals surface area contributed by atoms with Crippen LogP contribution in [0.15, 0.2) is 48.5 Å². The molecule has 2 amide bonds. The Balaban J connectivity index is 1.81. The van der Waals surface area contributed by atoms with Gasteiger partial charge in [-0.1, -0.05) is 35.9 Å². The molecule has 0 radical (unpaired) electrons. The van der Waals surface area contributed by atoms with E-state index in [0.717, 1.165) is 30.8 Å². The third-order valence-corrected chi connectivity index (χ3v) is 4.65. The maximum Gasteiger partial charge on any atom is 0.340 e. The van der Waals surface area contributed by atoms with Crippen LogP contribution in [0.25, 0.3) is 0 Å². The van der Waals surface area contributed by atoms with E-state index in [9.17, 15) is 10.1 Å². The van der Waals surface area contributed by atoms with E-state index in [4.69, 9.17) is 0 Å². The van der Waals surface area contributed by atoms with Gasteiger partial charge in [0, 0.05) is 18.8 Å². The maximum absolute atomic E-state index is 13.0. The van der Waals surface area contributed by atoms with E-state index in [2.05, 4.69) is 42.3 Å². The molecule has 0 unspecified atom stereocenters. The highest BCUT2D eigenvalue weighted by molar-refractivity contribution is 5.94. The van der Waals surface area contributed by atoms with Crippen molar-refractivity contribution in [3.05, 3.63) is 65.2 Å². The number of hydrogen-bond donors (Lipinski definition) is 0. The van der Waals surface area contributed by atoms with Gasteiger partial charge in [-0.05, 0) is 37.1 Å². The van der Waals surface area contributed by atoms with Crippen LogP contribution in [0.5, 0.6) is 0 Å². The zero-order chi connectivity index (χ0) is 16.7. The molecular weight excluding hydrogens is 300 g/mol. The topological polar surface area (TPSA) is 50.6 Å². The molecule has 0 N–H and O–H groups in total. The first kappa shape index (κ1) is 14.7. The Morgan fingerprint density at radius 3 is 2.67 bits per heavy atom. The number of hydrazine groups is 1. The molecule has 1 atom stereocenters. The number of nitriles is 1. The van der Waals surface area contributed by atoms with Crippen molar-refractivity contribution >= 4 is 11.7 Å². The summed E-state index contributed by atoms with van der Waals surface area (Å²) in [6.07, 6.45) is 0.828. The first-order valence-electron chi connectivity index (χ1n) is 8.13. The number of carbonyl (C=O) groups is 1. The number of hydrogen-bond acceptors (Lipinski definition) is 3. The van der Waals surface area contributed by atoms with E-state index >= 15 is 0 Å². The zero-order valence-electron chi connectivity index (χ0n) is 13.5. The minimum Gasteiger partial charge on any atom is -0.271 e. The SMILES string of the molecule is Cc1ccc([C@@H]2N(c3cccc(C#N)c3)C(=O)N3CCCN23)cc1. The number of carbonyl (C=O) groups excluding carboxylic acids is 1. The van der Waals surface area contributed by atoms with Gasteiger partial charge in [-0.2, -0.15) is 10.3 Å². The second kappa shape index (κ2) is 5.66. The summed E-state index contributed by atoms with van der Waals surface area (Å²) >= 11 is 0. The fraction of sp³-hybridized carbons (Fsp3) is 0.263. The van der Waals surface area contributed by atoms with Crippen molar-refractivity contribution < 1.29 is 4.79 Å². The molecule has 4 rings (SSSR count). The lowest BCUT2D eigenvalue weighted by Gasteiger charge is -2.28. The van der Waals surface area contributed by atoms with E-state index < -0.39 is 0 Å². The number of aryl methyl sites for hydroxylation is 1. The van der Waals surface area contributed by atoms with Crippen molar-refractivity contribution in [2.24, 2.45) is 0 Å². The molecule has 5 nitrogen and oxygen atoms in total. The Kier molecular flexibility index (Phi) is 3.47. The maximum atomic E-state index is 13.0. The lowest BCUT2D eigenvalue weighted by Crippen LogP contribution is -2.32. The zero-order valence-corrected chi connectivity index (χ0v) is 13.5. The van der Waals surface area contributed by atoms with Gasteiger partial charge in [0.25, 0.3) is 0 Å². The number of nitrogens with zero attached hydrogens (tertiary/aromatic N) is 4. The summed E-state index contributed by atoms with van der Waals surface area (Å²) in [6.45, 7) is 3.66. The Morgan fingerprint density at radius 1 is 1.12 bits per heavy atom. The van der Waals surface area contributed by atoms with Crippen LogP contribution in [0.1, 0.15) is 29.3 Å². The minimum atomic E-state index is -0.158. The van der Waals surface area contributed by atoms with Crippen LogP contribution in [0.3, 0.4) is 0 Å². The Morgan fingerprint density at radius 2 is 1.92 bits per heavy atom. The molecule has 5 heteroatoms. The summed E-state index contributed by atoms with van der Waals surface area (Å²) in [4.78, 5) is 14.8. The van der Waals surface area contributed by atoms with E-state index in [1.54, 1.807) is 17.0 Å². The molecule has 2 aromatic carbocycles. The Labute approximate surface area is 141 Å². The average molecular weight is 318 g/mol. The number of amides is 2. The summed E-state index contributed by atoms with van der Waals surface area (Å²) in [6, 6.07) is 17.7. The van der Waals surface area contributed by atoms with Crippen LogP contribution in [0.4, 0.5) is 10.5 Å². The molecule has 120 valence electrons. The van der Waals surface area contributed by atoms with Gasteiger partial charge in [-0.15, -0.1) is 0 Å². The van der Waals surface area contributed by atoms with Gasteiger partial charge in [0.05, 0.1) is 11.6 Å². The van der Waals surface area contributed by atoms with Crippen molar-refractivity contribution in [1.29, 1.82) is 5.26 Å². The van der Waals surface area contributed by atoms with E-state index in [1.807, 2.05) is 17.1 Å². The predicted molar refractivity (Wildman–Crippen MR) is 91.0 cm³/mol. The van der Waals surface area contributed by atoms with Crippen LogP contribution in [-0.2, 0) is 0 Å². The molecule has 24 heavy (non-hydrogen) atoms. The second-order valence-corrected chi connectivity index (χ2v) is 6.24. The first-order chi connectivity index (χ1) is 11.7. The molecular formula is C19H18N4O. The van der Waals surface area contributed by atoms with E-state index in [-0.39, 0.29) is 12.2 Å². The van der Waals surface area contributed by atoms with Crippen molar-refractivity contribution in [3.63, 3.8) is 0 Å². The van der Waals surface area contributed by atoms with Gasteiger partial charge in [0.1, 0.15) is 6.17 Å². The van der Waals surface area contributed by atoms with Crippen LogP contribution in [0, 0.1) is 18.3 Å². The van der Waals surface area contributed by atoms with Crippen LogP contribution in [0.2, 0.25) is 0 Å². The number of rotatable bonds is 2. The number of benzene rings is 2. The monoisotopic (exact) mass is 318 g/mol. The lowest BCUT2D eigenvalue weighted by atomic mass is 10.1. The molecule has 2 aromatic rings. The lowest BCUT2D eigenvalue weighted by molar-refractivity contribution is 0.0728. The van der Waals surface area contributed by atoms with E-state index in [1.165, 1.54) is 5.56 Å². The largest absolute Gasteiger partial charge is 0.340 e. The van der Waals surface area contributed by atoms with Crippen molar-refractivity contribution in [2.45, 2.75) is 19.5 Å². The van der Waals surface area contributed by atoms with Gasteiger partial charge in [0.2, 0.25) is 0 Å². The summed E-state index contributed by atoms with van der Waals surface area (Å²) in [5, 5.41) is 13.1. The standard InChI is InChI=1S/C19H18N4O/c1-14-6-8-16(9-7-14)18-21-10-3-11-22(21)19(24)23(18)17-5-2-4-15(12-17)13-20/h2,4-9,12,18H,3,10-11H2,1H3/t18-/m0/s1. The predicted octanol–water partition coefficient (Wildman–Crippen LogP) is 3.43.